The van der Waals surface area contributed by atoms with Crippen LogP contribution in [0.4, 0.5) is 0 Å². The molecule has 5 nitrogen and oxygen atoms in total. The molecular weight excluding hydrogens is 291 g/mol. The summed E-state index contributed by atoms with van der Waals surface area (Å²) in [4.78, 5) is 19.1. The van der Waals surface area contributed by atoms with Crippen molar-refractivity contribution in [1.82, 2.24) is 9.97 Å². The van der Waals surface area contributed by atoms with Crippen molar-refractivity contribution in [3.8, 4) is 11.6 Å². The maximum absolute atomic E-state index is 11.3. The Balaban J connectivity index is 2.25. The van der Waals surface area contributed by atoms with E-state index in [-0.39, 0.29) is 11.6 Å². The zero-order valence-corrected chi connectivity index (χ0v) is 11.3. The number of carbonyl (C=O) groups is 1. The van der Waals surface area contributed by atoms with E-state index in [0.29, 0.717) is 15.8 Å². The summed E-state index contributed by atoms with van der Waals surface area (Å²) in [6.07, 6.45) is 2.64. The highest BCUT2D eigenvalue weighted by atomic mass is 35.5. The first-order valence-electron chi connectivity index (χ1n) is 5.13. The molecule has 0 saturated carbocycles. The second-order valence-corrected chi connectivity index (χ2v) is 4.31. The van der Waals surface area contributed by atoms with E-state index >= 15 is 0 Å². The van der Waals surface area contributed by atoms with Gasteiger partial charge in [-0.05, 0) is 18.2 Å². The molecule has 1 aromatic carbocycles. The summed E-state index contributed by atoms with van der Waals surface area (Å²) in [6.45, 7) is 0. The molecule has 0 aliphatic rings. The molecule has 1 aromatic heterocycles. The minimum absolute atomic E-state index is 0.0492. The van der Waals surface area contributed by atoms with Crippen LogP contribution in [0, 0.1) is 0 Å². The lowest BCUT2D eigenvalue weighted by atomic mass is 10.3. The molecule has 0 N–H and O–H groups in total. The molecule has 0 fully saturated rings. The lowest BCUT2D eigenvalue weighted by Crippen LogP contribution is -2.05. The van der Waals surface area contributed by atoms with Gasteiger partial charge in [-0.25, -0.2) is 9.78 Å². The van der Waals surface area contributed by atoms with Gasteiger partial charge in [0.25, 0.3) is 0 Å². The largest absolute Gasteiger partial charge is 0.464 e. The van der Waals surface area contributed by atoms with Crippen LogP contribution >= 0.6 is 23.2 Å². The summed E-state index contributed by atoms with van der Waals surface area (Å²) in [6, 6.07) is 4.71. The second-order valence-electron chi connectivity index (χ2n) is 3.44. The van der Waals surface area contributed by atoms with Crippen LogP contribution in [0.25, 0.3) is 0 Å². The van der Waals surface area contributed by atoms with Crippen molar-refractivity contribution in [2.24, 2.45) is 0 Å². The molecule has 7 heteroatoms. The Bertz CT molecular complexity index is 599. The van der Waals surface area contributed by atoms with Gasteiger partial charge in [0.05, 0.1) is 19.5 Å². The number of carbonyl (C=O) groups excluding carboxylic acids is 1. The van der Waals surface area contributed by atoms with E-state index in [1.54, 1.807) is 18.2 Å². The monoisotopic (exact) mass is 298 g/mol. The van der Waals surface area contributed by atoms with Gasteiger partial charge in [0.1, 0.15) is 5.75 Å². The molecule has 0 saturated heterocycles. The number of rotatable bonds is 3. The Kier molecular flexibility index (Phi) is 4.19. The highest BCUT2D eigenvalue weighted by molar-refractivity contribution is 6.34. The quantitative estimate of drug-likeness (QED) is 0.813. The standard InChI is InChI=1S/C12H8Cl2N2O3/c1-18-12(17)10-5-15-6-11(16-10)19-9-3-7(13)2-8(14)4-9/h2-6H,1H3. The zero-order valence-electron chi connectivity index (χ0n) is 9.76. The fourth-order valence-electron chi connectivity index (χ4n) is 1.31. The molecule has 19 heavy (non-hydrogen) atoms. The third-order valence-electron chi connectivity index (χ3n) is 2.07. The van der Waals surface area contributed by atoms with Gasteiger partial charge in [-0.15, -0.1) is 0 Å². The van der Waals surface area contributed by atoms with Gasteiger partial charge in [-0.2, -0.15) is 0 Å². The van der Waals surface area contributed by atoms with Crippen LogP contribution in [0.5, 0.6) is 11.6 Å². The van der Waals surface area contributed by atoms with Crippen molar-refractivity contribution < 1.29 is 14.3 Å². The van der Waals surface area contributed by atoms with Gasteiger partial charge >= 0.3 is 5.97 Å². The van der Waals surface area contributed by atoms with Gasteiger partial charge < -0.3 is 9.47 Å². The van der Waals surface area contributed by atoms with Gasteiger partial charge in [-0.3, -0.25) is 4.98 Å². The fourth-order valence-corrected chi connectivity index (χ4v) is 1.81. The van der Waals surface area contributed by atoms with Gasteiger partial charge in [-0.1, -0.05) is 23.2 Å². The van der Waals surface area contributed by atoms with Gasteiger partial charge in [0.15, 0.2) is 5.69 Å². The molecule has 1 heterocycles. The van der Waals surface area contributed by atoms with E-state index in [9.17, 15) is 4.79 Å². The predicted octanol–water partition coefficient (Wildman–Crippen LogP) is 3.36. The number of nitrogens with zero attached hydrogens (tertiary/aromatic N) is 2. The first kappa shape index (κ1) is 13.6. The summed E-state index contributed by atoms with van der Waals surface area (Å²) >= 11 is 11.7. The summed E-state index contributed by atoms with van der Waals surface area (Å²) in [7, 11) is 1.26. The zero-order chi connectivity index (χ0) is 13.8. The highest BCUT2D eigenvalue weighted by Gasteiger charge is 2.10. The van der Waals surface area contributed by atoms with E-state index in [2.05, 4.69) is 14.7 Å². The normalized spacial score (nSPS) is 10.1. The van der Waals surface area contributed by atoms with Crippen LogP contribution in [0.2, 0.25) is 10.0 Å². The minimum Gasteiger partial charge on any atom is -0.464 e. The van der Waals surface area contributed by atoms with Crippen LogP contribution < -0.4 is 4.74 Å². The van der Waals surface area contributed by atoms with Crippen molar-refractivity contribution in [3.05, 3.63) is 46.3 Å². The fraction of sp³-hybridized carbons (Fsp3) is 0.0833. The molecule has 2 aromatic rings. The maximum atomic E-state index is 11.3. The Morgan fingerprint density at radius 2 is 1.84 bits per heavy atom. The summed E-state index contributed by atoms with van der Waals surface area (Å²) < 4.78 is 9.97. The first-order valence-corrected chi connectivity index (χ1v) is 5.88. The number of halogens is 2. The lowest BCUT2D eigenvalue weighted by molar-refractivity contribution is 0.0592. The Hall–Kier alpha value is -1.85. The molecule has 0 unspecified atom stereocenters. The smallest absolute Gasteiger partial charge is 0.358 e. The summed E-state index contributed by atoms with van der Waals surface area (Å²) in [5.41, 5.74) is 0.0492. The number of aromatic nitrogens is 2. The topological polar surface area (TPSA) is 61.3 Å². The molecular formula is C12H8Cl2N2O3. The number of hydrogen-bond donors (Lipinski definition) is 0. The molecule has 0 radical (unpaired) electrons. The van der Waals surface area contributed by atoms with E-state index in [1.807, 2.05) is 0 Å². The minimum atomic E-state index is -0.595. The number of ether oxygens (including phenoxy) is 2. The van der Waals surface area contributed by atoms with Crippen LogP contribution in [0.1, 0.15) is 10.5 Å². The van der Waals surface area contributed by atoms with Crippen molar-refractivity contribution >= 4 is 29.2 Å². The Morgan fingerprint density at radius 3 is 2.47 bits per heavy atom. The van der Waals surface area contributed by atoms with Gasteiger partial charge in [0, 0.05) is 10.0 Å². The maximum Gasteiger partial charge on any atom is 0.358 e. The SMILES string of the molecule is COC(=O)c1cncc(Oc2cc(Cl)cc(Cl)c2)n1. The average molecular weight is 299 g/mol. The van der Waals surface area contributed by atoms with E-state index < -0.39 is 5.97 Å². The van der Waals surface area contributed by atoms with E-state index in [4.69, 9.17) is 27.9 Å². The van der Waals surface area contributed by atoms with Gasteiger partial charge in [0.2, 0.25) is 5.88 Å². The molecule has 0 atom stereocenters. The third kappa shape index (κ3) is 3.56. The van der Waals surface area contributed by atoms with E-state index in [1.165, 1.54) is 19.5 Å². The van der Waals surface area contributed by atoms with Crippen LogP contribution in [0.15, 0.2) is 30.6 Å². The molecule has 0 aliphatic heterocycles. The average Bonchev–Trinajstić information content (AvgIpc) is 2.37. The number of esters is 1. The predicted molar refractivity (Wildman–Crippen MR) is 69.9 cm³/mol. The number of methoxy groups -OCH3 is 1. The highest BCUT2D eigenvalue weighted by Crippen LogP contribution is 2.27. The molecule has 0 bridgehead atoms. The second kappa shape index (κ2) is 5.86. The Labute approximate surface area is 119 Å². The summed E-state index contributed by atoms with van der Waals surface area (Å²) in [5, 5.41) is 0.860. The summed E-state index contributed by atoms with van der Waals surface area (Å²) in [5.74, 6) is -0.0582. The van der Waals surface area contributed by atoms with Crippen LogP contribution in [0.3, 0.4) is 0 Å². The van der Waals surface area contributed by atoms with E-state index in [0.717, 1.165) is 0 Å². The van der Waals surface area contributed by atoms with Crippen molar-refractivity contribution in [2.75, 3.05) is 7.11 Å². The number of benzene rings is 1. The van der Waals surface area contributed by atoms with Crippen molar-refractivity contribution in [1.29, 1.82) is 0 Å². The molecule has 0 amide bonds. The van der Waals surface area contributed by atoms with Crippen molar-refractivity contribution in [2.45, 2.75) is 0 Å². The third-order valence-corrected chi connectivity index (χ3v) is 2.50. The number of hydrogen-bond acceptors (Lipinski definition) is 5. The Morgan fingerprint density at radius 1 is 1.16 bits per heavy atom. The lowest BCUT2D eigenvalue weighted by Gasteiger charge is -2.06. The molecule has 0 spiro atoms. The van der Waals surface area contributed by atoms with Crippen LogP contribution in [-0.2, 0) is 4.74 Å². The molecule has 98 valence electrons. The van der Waals surface area contributed by atoms with Crippen LogP contribution in [-0.4, -0.2) is 23.0 Å². The molecule has 2 rings (SSSR count). The molecule has 0 aliphatic carbocycles. The first-order chi connectivity index (χ1) is 9.08. The van der Waals surface area contributed by atoms with Crippen molar-refractivity contribution in [3.63, 3.8) is 0 Å².